The Morgan fingerprint density at radius 2 is 1.57 bits per heavy atom. The first kappa shape index (κ1) is 16.2. The van der Waals surface area contributed by atoms with E-state index in [1.54, 1.807) is 4.31 Å². The second-order valence-electron chi connectivity index (χ2n) is 5.92. The van der Waals surface area contributed by atoms with Crippen LogP contribution >= 0.6 is 0 Å². The van der Waals surface area contributed by atoms with E-state index in [9.17, 15) is 8.42 Å². The molecule has 23 heavy (non-hydrogen) atoms. The van der Waals surface area contributed by atoms with E-state index in [1.807, 2.05) is 60.7 Å². The Bertz CT molecular complexity index is 716. The van der Waals surface area contributed by atoms with Gasteiger partial charge in [-0.25, -0.2) is 8.42 Å². The largest absolute Gasteiger partial charge is 0.376 e. The number of rotatable bonds is 6. The van der Waals surface area contributed by atoms with E-state index >= 15 is 0 Å². The minimum atomic E-state index is -3.18. The number of nitrogens with zero attached hydrogens (tertiary/aromatic N) is 1. The van der Waals surface area contributed by atoms with Crippen molar-refractivity contribution in [2.75, 3.05) is 18.9 Å². The van der Waals surface area contributed by atoms with Gasteiger partial charge in [-0.3, -0.25) is 0 Å². The Balaban J connectivity index is 1.53. The molecule has 0 radical (unpaired) electrons. The van der Waals surface area contributed by atoms with Gasteiger partial charge in [-0.15, -0.1) is 0 Å². The van der Waals surface area contributed by atoms with Crippen molar-refractivity contribution in [2.24, 2.45) is 5.92 Å². The summed E-state index contributed by atoms with van der Waals surface area (Å²) in [4.78, 5) is 0. The molecule has 122 valence electrons. The zero-order valence-electron chi connectivity index (χ0n) is 13.0. The minimum absolute atomic E-state index is 0.0347. The summed E-state index contributed by atoms with van der Waals surface area (Å²) in [6.07, 6.45) is 0. The molecule has 2 aromatic rings. The van der Waals surface area contributed by atoms with Crippen LogP contribution < -0.4 is 0 Å². The summed E-state index contributed by atoms with van der Waals surface area (Å²) in [6, 6.07) is 19.6. The quantitative estimate of drug-likeness (QED) is 0.817. The van der Waals surface area contributed by atoms with Crippen molar-refractivity contribution < 1.29 is 13.2 Å². The summed E-state index contributed by atoms with van der Waals surface area (Å²) in [5.41, 5.74) is 2.12. The number of ether oxygens (including phenoxy) is 1. The SMILES string of the molecule is O=S1(=O)CC(COCc2ccccc2)CN1Cc1ccccc1. The maximum Gasteiger partial charge on any atom is 0.214 e. The molecule has 0 aliphatic carbocycles. The third-order valence-electron chi connectivity index (χ3n) is 3.97. The molecule has 1 aliphatic rings. The van der Waals surface area contributed by atoms with Crippen LogP contribution in [-0.2, 0) is 27.9 Å². The van der Waals surface area contributed by atoms with Crippen molar-refractivity contribution in [3.8, 4) is 0 Å². The molecular formula is C18H21NO3S. The van der Waals surface area contributed by atoms with Crippen LogP contribution in [0.4, 0.5) is 0 Å². The lowest BCUT2D eigenvalue weighted by molar-refractivity contribution is 0.0914. The van der Waals surface area contributed by atoms with Crippen molar-refractivity contribution in [1.29, 1.82) is 0 Å². The molecule has 0 saturated carbocycles. The molecule has 0 N–H and O–H groups in total. The average Bonchev–Trinajstić information content (AvgIpc) is 2.83. The normalized spacial score (nSPS) is 20.6. The molecule has 4 nitrogen and oxygen atoms in total. The zero-order chi connectivity index (χ0) is 16.1. The standard InChI is InChI=1S/C18H21NO3S/c20-23(21)15-18(14-22-13-17-9-5-2-6-10-17)12-19(23)11-16-7-3-1-4-8-16/h1-10,18H,11-15H2. The summed E-state index contributed by atoms with van der Waals surface area (Å²) in [6.45, 7) is 1.97. The molecule has 0 amide bonds. The van der Waals surface area contributed by atoms with Crippen LogP contribution in [-0.4, -0.2) is 31.6 Å². The third-order valence-corrected chi connectivity index (χ3v) is 5.93. The van der Waals surface area contributed by atoms with Gasteiger partial charge in [0.2, 0.25) is 10.0 Å². The van der Waals surface area contributed by atoms with Crippen LogP contribution in [0.2, 0.25) is 0 Å². The smallest absolute Gasteiger partial charge is 0.214 e. The van der Waals surface area contributed by atoms with E-state index in [0.717, 1.165) is 11.1 Å². The van der Waals surface area contributed by atoms with Gasteiger partial charge in [0, 0.05) is 19.0 Å². The van der Waals surface area contributed by atoms with Gasteiger partial charge in [0.15, 0.2) is 0 Å². The van der Waals surface area contributed by atoms with E-state index in [2.05, 4.69) is 0 Å². The first-order chi connectivity index (χ1) is 11.1. The first-order valence-corrected chi connectivity index (χ1v) is 9.38. The molecule has 1 saturated heterocycles. The molecule has 2 aromatic carbocycles. The molecule has 1 unspecified atom stereocenters. The molecule has 0 aromatic heterocycles. The highest BCUT2D eigenvalue weighted by Crippen LogP contribution is 2.22. The van der Waals surface area contributed by atoms with Crippen LogP contribution in [0.15, 0.2) is 60.7 Å². The van der Waals surface area contributed by atoms with Gasteiger partial charge in [0.1, 0.15) is 0 Å². The molecule has 0 spiro atoms. The van der Waals surface area contributed by atoms with Crippen LogP contribution in [0.5, 0.6) is 0 Å². The fourth-order valence-corrected chi connectivity index (χ4v) is 4.62. The van der Waals surface area contributed by atoms with Crippen molar-refractivity contribution in [2.45, 2.75) is 13.2 Å². The topological polar surface area (TPSA) is 46.6 Å². The second kappa shape index (κ2) is 7.25. The Morgan fingerprint density at radius 1 is 0.957 bits per heavy atom. The predicted octanol–water partition coefficient (Wildman–Crippen LogP) is 2.67. The van der Waals surface area contributed by atoms with E-state index in [-0.39, 0.29) is 11.7 Å². The first-order valence-electron chi connectivity index (χ1n) is 7.77. The van der Waals surface area contributed by atoms with Crippen molar-refractivity contribution in [3.63, 3.8) is 0 Å². The predicted molar refractivity (Wildman–Crippen MR) is 90.2 cm³/mol. The third kappa shape index (κ3) is 4.41. The van der Waals surface area contributed by atoms with E-state index in [4.69, 9.17) is 4.74 Å². The summed E-state index contributed by atoms with van der Waals surface area (Å²) in [5, 5.41) is 0. The maximum atomic E-state index is 12.3. The van der Waals surface area contributed by atoms with Crippen molar-refractivity contribution >= 4 is 10.0 Å². The number of sulfonamides is 1. The number of hydrogen-bond acceptors (Lipinski definition) is 3. The lowest BCUT2D eigenvalue weighted by Gasteiger charge is -2.14. The Kier molecular flexibility index (Phi) is 5.10. The highest BCUT2D eigenvalue weighted by molar-refractivity contribution is 7.89. The minimum Gasteiger partial charge on any atom is -0.376 e. The Labute approximate surface area is 137 Å². The van der Waals surface area contributed by atoms with E-state index in [1.165, 1.54) is 0 Å². The molecule has 1 heterocycles. The van der Waals surface area contributed by atoms with Gasteiger partial charge in [-0.05, 0) is 11.1 Å². The molecular weight excluding hydrogens is 310 g/mol. The Morgan fingerprint density at radius 3 is 2.22 bits per heavy atom. The van der Waals surface area contributed by atoms with Crippen molar-refractivity contribution in [1.82, 2.24) is 4.31 Å². The molecule has 0 bridgehead atoms. The van der Waals surface area contributed by atoms with Gasteiger partial charge < -0.3 is 4.74 Å². The van der Waals surface area contributed by atoms with Gasteiger partial charge in [0.25, 0.3) is 0 Å². The zero-order valence-corrected chi connectivity index (χ0v) is 13.8. The molecule has 5 heteroatoms. The lowest BCUT2D eigenvalue weighted by Crippen LogP contribution is -2.25. The van der Waals surface area contributed by atoms with Crippen LogP contribution in [0.3, 0.4) is 0 Å². The highest BCUT2D eigenvalue weighted by atomic mass is 32.2. The fourth-order valence-electron chi connectivity index (χ4n) is 2.83. The number of hydrogen-bond donors (Lipinski definition) is 0. The maximum absolute atomic E-state index is 12.3. The summed E-state index contributed by atoms with van der Waals surface area (Å²) < 4.78 is 31.8. The second-order valence-corrected chi connectivity index (χ2v) is 7.94. The Hall–Kier alpha value is -1.69. The number of benzene rings is 2. The van der Waals surface area contributed by atoms with E-state index in [0.29, 0.717) is 26.3 Å². The van der Waals surface area contributed by atoms with Gasteiger partial charge in [0.05, 0.1) is 19.0 Å². The highest BCUT2D eigenvalue weighted by Gasteiger charge is 2.35. The van der Waals surface area contributed by atoms with Gasteiger partial charge in [-0.2, -0.15) is 4.31 Å². The van der Waals surface area contributed by atoms with Crippen LogP contribution in [0, 0.1) is 5.92 Å². The van der Waals surface area contributed by atoms with E-state index < -0.39 is 10.0 Å². The monoisotopic (exact) mass is 331 g/mol. The fraction of sp³-hybridized carbons (Fsp3) is 0.333. The van der Waals surface area contributed by atoms with Crippen LogP contribution in [0.25, 0.3) is 0 Å². The van der Waals surface area contributed by atoms with Crippen molar-refractivity contribution in [3.05, 3.63) is 71.8 Å². The molecule has 3 rings (SSSR count). The average molecular weight is 331 g/mol. The summed E-state index contributed by atoms with van der Waals surface area (Å²) in [5.74, 6) is 0.210. The van der Waals surface area contributed by atoms with Crippen LogP contribution in [0.1, 0.15) is 11.1 Å². The summed E-state index contributed by atoms with van der Waals surface area (Å²) in [7, 11) is -3.18. The molecule has 1 fully saturated rings. The van der Waals surface area contributed by atoms with Gasteiger partial charge in [-0.1, -0.05) is 60.7 Å². The molecule has 1 aliphatic heterocycles. The summed E-state index contributed by atoms with van der Waals surface area (Å²) >= 11 is 0. The lowest BCUT2D eigenvalue weighted by atomic mass is 10.2. The van der Waals surface area contributed by atoms with Gasteiger partial charge >= 0.3 is 0 Å². The molecule has 1 atom stereocenters.